The van der Waals surface area contributed by atoms with Crippen LogP contribution < -0.4 is 14.5 Å². The largest absolute Gasteiger partial charge is 0.415 e. The van der Waals surface area contributed by atoms with Crippen molar-refractivity contribution in [3.05, 3.63) is 35.9 Å². The van der Waals surface area contributed by atoms with Crippen molar-refractivity contribution in [2.24, 2.45) is 11.3 Å². The van der Waals surface area contributed by atoms with Gasteiger partial charge in [-0.1, -0.05) is 0 Å². The number of hydrogen-bond acceptors (Lipinski definition) is 9. The summed E-state index contributed by atoms with van der Waals surface area (Å²) in [5.41, 5.74) is 3.33. The Morgan fingerprint density at radius 2 is 1.79 bits per heavy atom. The minimum Gasteiger partial charge on any atom is -0.415 e. The first kappa shape index (κ1) is 28.7. The Hall–Kier alpha value is -3.39. The fourth-order valence-electron chi connectivity index (χ4n) is 5.88. The molecule has 3 aliphatic rings. The molecule has 1 aromatic carbocycles. The monoisotopic (exact) mass is 606 g/mol. The van der Waals surface area contributed by atoms with Gasteiger partial charge in [0, 0.05) is 26.2 Å². The second-order valence-corrected chi connectivity index (χ2v) is 13.5. The number of nitrogens with one attached hydrogen (secondary N) is 1. The highest BCUT2D eigenvalue weighted by Gasteiger charge is 2.45. The van der Waals surface area contributed by atoms with Crippen LogP contribution in [0.5, 0.6) is 0 Å². The van der Waals surface area contributed by atoms with Crippen LogP contribution in [0.2, 0.25) is 0 Å². The number of aryl methyl sites for hydroxylation is 1. The van der Waals surface area contributed by atoms with Gasteiger partial charge in [0.15, 0.2) is 0 Å². The Morgan fingerprint density at radius 3 is 2.45 bits per heavy atom. The van der Waals surface area contributed by atoms with E-state index in [2.05, 4.69) is 24.8 Å². The second kappa shape index (κ2) is 10.7. The first-order chi connectivity index (χ1) is 19.9. The molecule has 4 heterocycles. The number of pyridine rings is 1. The van der Waals surface area contributed by atoms with E-state index >= 15 is 0 Å². The molecular weight excluding hydrogens is 573 g/mol. The molecule has 6 rings (SSSR count). The molecule has 226 valence electrons. The number of aliphatic hydroxyl groups excluding tert-OH is 1. The van der Waals surface area contributed by atoms with E-state index in [1.54, 1.807) is 35.2 Å². The third kappa shape index (κ3) is 6.05. The molecule has 1 atom stereocenters. The van der Waals surface area contributed by atoms with Crippen LogP contribution in [0.4, 0.5) is 30.4 Å². The molecule has 2 N–H and O–H groups in total. The average Bonchev–Trinajstić information content (AvgIpc) is 3.32. The van der Waals surface area contributed by atoms with E-state index in [-0.39, 0.29) is 31.3 Å². The van der Waals surface area contributed by atoms with Gasteiger partial charge in [0.1, 0.15) is 11.5 Å². The Morgan fingerprint density at radius 1 is 1.05 bits per heavy atom. The third-order valence-electron chi connectivity index (χ3n) is 8.56. The maximum Gasteiger partial charge on any atom is 0.393 e. The van der Waals surface area contributed by atoms with Gasteiger partial charge in [-0.2, -0.15) is 13.2 Å². The zero-order valence-electron chi connectivity index (χ0n) is 23.2. The Bertz CT molecular complexity index is 1560. The smallest absolute Gasteiger partial charge is 0.393 e. The van der Waals surface area contributed by atoms with Gasteiger partial charge < -0.3 is 19.3 Å². The van der Waals surface area contributed by atoms with Gasteiger partial charge in [0.05, 0.1) is 35.2 Å². The molecule has 2 aliphatic heterocycles. The van der Waals surface area contributed by atoms with Crippen molar-refractivity contribution in [1.29, 1.82) is 0 Å². The van der Waals surface area contributed by atoms with Crippen LogP contribution in [-0.4, -0.2) is 73.4 Å². The fraction of sp³-hybridized carbons (Fsp3) is 0.536. The van der Waals surface area contributed by atoms with Crippen molar-refractivity contribution in [1.82, 2.24) is 15.2 Å². The maximum absolute atomic E-state index is 13.3. The molecule has 3 fully saturated rings. The SMILES string of the molecule is Cc1cc(-c2nnc(-c3ccc(NS(=O)(=O)CCO)cc3N3CCC4(CC3)CC4)o2)nc(N2CCC(C(F)(F)F)C2)c1. The van der Waals surface area contributed by atoms with Gasteiger partial charge in [-0.3, -0.25) is 4.72 Å². The molecule has 0 radical (unpaired) electrons. The minimum atomic E-state index is -4.25. The fourth-order valence-corrected chi connectivity index (χ4v) is 6.71. The molecular formula is C28H33F3N6O4S. The summed E-state index contributed by atoms with van der Waals surface area (Å²) in [5.74, 6) is -1.02. The lowest BCUT2D eigenvalue weighted by Crippen LogP contribution is -2.34. The zero-order valence-corrected chi connectivity index (χ0v) is 24.0. The van der Waals surface area contributed by atoms with Gasteiger partial charge in [0.25, 0.3) is 5.89 Å². The molecule has 14 heteroatoms. The number of nitrogens with zero attached hydrogens (tertiary/aromatic N) is 5. The molecule has 0 bridgehead atoms. The van der Waals surface area contributed by atoms with E-state index in [0.717, 1.165) is 37.2 Å². The van der Waals surface area contributed by atoms with Crippen molar-refractivity contribution in [2.45, 2.75) is 45.2 Å². The summed E-state index contributed by atoms with van der Waals surface area (Å²) in [6.45, 7) is 3.06. The van der Waals surface area contributed by atoms with Crippen LogP contribution in [0.1, 0.15) is 37.7 Å². The predicted octanol–water partition coefficient (Wildman–Crippen LogP) is 4.61. The Labute approximate surface area is 242 Å². The topological polar surface area (TPSA) is 125 Å². The van der Waals surface area contributed by atoms with Gasteiger partial charge in [-0.25, -0.2) is 13.4 Å². The highest BCUT2D eigenvalue weighted by Crippen LogP contribution is 2.54. The molecule has 2 aromatic heterocycles. The van der Waals surface area contributed by atoms with Crippen LogP contribution in [-0.2, 0) is 10.0 Å². The molecule has 1 saturated carbocycles. The van der Waals surface area contributed by atoms with Crippen molar-refractivity contribution >= 4 is 27.2 Å². The first-order valence-electron chi connectivity index (χ1n) is 14.1. The first-order valence-corrected chi connectivity index (χ1v) is 15.7. The number of aromatic nitrogens is 3. The molecule has 10 nitrogen and oxygen atoms in total. The van der Waals surface area contributed by atoms with Crippen molar-refractivity contribution < 1.29 is 31.1 Å². The van der Waals surface area contributed by atoms with Crippen LogP contribution in [0.25, 0.3) is 23.0 Å². The average molecular weight is 607 g/mol. The lowest BCUT2D eigenvalue weighted by molar-refractivity contribution is -0.168. The normalized spacial score (nSPS) is 20.4. The number of aliphatic hydroxyl groups is 1. The summed E-state index contributed by atoms with van der Waals surface area (Å²) >= 11 is 0. The summed E-state index contributed by atoms with van der Waals surface area (Å²) < 4.78 is 73.0. The van der Waals surface area contributed by atoms with E-state index in [1.807, 2.05) is 6.92 Å². The van der Waals surface area contributed by atoms with Crippen molar-refractivity contribution in [3.63, 3.8) is 0 Å². The second-order valence-electron chi connectivity index (χ2n) is 11.6. The number of halogens is 3. The number of alkyl halides is 3. The number of hydrogen-bond donors (Lipinski definition) is 2. The Kier molecular flexibility index (Phi) is 7.32. The molecule has 0 amide bonds. The molecule has 2 saturated heterocycles. The molecule has 1 spiro atoms. The lowest BCUT2D eigenvalue weighted by atomic mass is 9.93. The zero-order chi connectivity index (χ0) is 29.7. The number of rotatable bonds is 8. The standard InChI is InChI=1S/C28H33F3N6O4S/c1-18-14-22(32-24(15-18)37-9-4-19(17-37)28(29,30)31)26-34-33-25(41-26)21-3-2-20(35-42(39,40)13-12-38)16-23(21)36-10-7-27(5-6-27)8-11-36/h2-3,14-16,19,35,38H,4-13,17H2,1H3. The molecule has 1 unspecified atom stereocenters. The van der Waals surface area contributed by atoms with Crippen LogP contribution in [0.3, 0.4) is 0 Å². The summed E-state index contributed by atoms with van der Waals surface area (Å²) in [7, 11) is -3.72. The van der Waals surface area contributed by atoms with Crippen LogP contribution >= 0.6 is 0 Å². The van der Waals surface area contributed by atoms with Crippen LogP contribution in [0, 0.1) is 18.3 Å². The van der Waals surface area contributed by atoms with Gasteiger partial charge >= 0.3 is 6.18 Å². The van der Waals surface area contributed by atoms with Gasteiger partial charge in [-0.05, 0) is 80.3 Å². The quantitative estimate of drug-likeness (QED) is 0.378. The maximum atomic E-state index is 13.3. The van der Waals surface area contributed by atoms with Crippen molar-refractivity contribution in [2.75, 3.05) is 53.1 Å². The van der Waals surface area contributed by atoms with Crippen LogP contribution in [0.15, 0.2) is 34.7 Å². The van der Waals surface area contributed by atoms with E-state index in [1.165, 1.54) is 12.8 Å². The molecule has 42 heavy (non-hydrogen) atoms. The Balaban J connectivity index is 1.30. The molecule has 1 aliphatic carbocycles. The summed E-state index contributed by atoms with van der Waals surface area (Å²) in [6.07, 6.45) is 0.338. The number of anilines is 3. The highest BCUT2D eigenvalue weighted by atomic mass is 32.2. The van der Waals surface area contributed by atoms with Gasteiger partial charge in [0.2, 0.25) is 15.9 Å². The number of sulfonamides is 1. The molecule has 3 aromatic rings. The van der Waals surface area contributed by atoms with Gasteiger partial charge in [-0.15, -0.1) is 10.2 Å². The third-order valence-corrected chi connectivity index (χ3v) is 9.83. The van der Waals surface area contributed by atoms with E-state index in [0.29, 0.717) is 28.2 Å². The number of benzene rings is 1. The summed E-state index contributed by atoms with van der Waals surface area (Å²) in [5, 5.41) is 17.6. The summed E-state index contributed by atoms with van der Waals surface area (Å²) in [6, 6.07) is 8.57. The lowest BCUT2D eigenvalue weighted by Gasteiger charge is -2.35. The minimum absolute atomic E-state index is 0.0196. The van der Waals surface area contributed by atoms with E-state index < -0.39 is 34.5 Å². The number of piperidine rings is 1. The predicted molar refractivity (Wildman–Crippen MR) is 152 cm³/mol. The van der Waals surface area contributed by atoms with E-state index in [9.17, 15) is 21.6 Å². The highest BCUT2D eigenvalue weighted by molar-refractivity contribution is 7.92. The van der Waals surface area contributed by atoms with Crippen molar-refractivity contribution in [3.8, 4) is 23.0 Å². The summed E-state index contributed by atoms with van der Waals surface area (Å²) in [4.78, 5) is 8.39. The van der Waals surface area contributed by atoms with E-state index in [4.69, 9.17) is 9.52 Å².